The van der Waals surface area contributed by atoms with E-state index in [9.17, 15) is 4.53 Å². The summed E-state index contributed by atoms with van der Waals surface area (Å²) in [4.78, 5) is 7.14. The molecule has 0 spiro atoms. The van der Waals surface area contributed by atoms with Gasteiger partial charge in [-0.1, -0.05) is 12.1 Å². The van der Waals surface area contributed by atoms with Crippen molar-refractivity contribution in [1.82, 2.24) is 0 Å². The zero-order valence-electron chi connectivity index (χ0n) is 7.16. The first-order valence-electron chi connectivity index (χ1n) is 3.85. The summed E-state index contributed by atoms with van der Waals surface area (Å²) in [6.07, 6.45) is 0. The molecule has 3 nitrogen and oxygen atoms in total. The maximum absolute atomic E-state index is 11.4. The molecular weight excluding hydrogens is 171 g/mol. The first-order chi connectivity index (χ1) is 6.36. The second kappa shape index (κ2) is 5.27. The number of nitrogens with zero attached hydrogens (tertiary/aromatic N) is 1. The van der Waals surface area contributed by atoms with Crippen LogP contribution in [0, 0.1) is 0 Å². The molecule has 0 aromatic heterocycles. The van der Waals surface area contributed by atoms with Crippen LogP contribution < -0.4 is 5.32 Å². The lowest BCUT2D eigenvalue weighted by Crippen LogP contribution is -1.97. The first-order valence-corrected chi connectivity index (χ1v) is 3.85. The largest absolute Gasteiger partial charge is 0.366 e. The molecule has 1 aromatic carbocycles. The third-order valence-corrected chi connectivity index (χ3v) is 1.57. The normalized spacial score (nSPS) is 9.62. The predicted molar refractivity (Wildman–Crippen MR) is 50.4 cm³/mol. The van der Waals surface area contributed by atoms with Crippen molar-refractivity contribution in [3.05, 3.63) is 29.8 Å². The molecule has 0 atom stereocenters. The van der Waals surface area contributed by atoms with Crippen molar-refractivity contribution >= 4 is 12.4 Å². The summed E-state index contributed by atoms with van der Waals surface area (Å²) in [7, 11) is 0. The number of aliphatic imine (C=N–C) groups is 1. The van der Waals surface area contributed by atoms with Gasteiger partial charge in [-0.05, 0) is 28.9 Å². The van der Waals surface area contributed by atoms with Gasteiger partial charge in [0, 0.05) is 5.69 Å². The lowest BCUT2D eigenvalue weighted by molar-refractivity contribution is -0.144. The van der Waals surface area contributed by atoms with Gasteiger partial charge in [0.05, 0.1) is 0 Å². The fourth-order valence-electron chi connectivity index (χ4n) is 0.929. The van der Waals surface area contributed by atoms with Crippen molar-refractivity contribution in [2.75, 3.05) is 12.0 Å². The first kappa shape index (κ1) is 9.67. The molecule has 1 rings (SSSR count). The third-order valence-electron chi connectivity index (χ3n) is 1.57. The van der Waals surface area contributed by atoms with Crippen LogP contribution in [0.3, 0.4) is 0 Å². The summed E-state index contributed by atoms with van der Waals surface area (Å²) in [5, 5.41) is 3.00. The lowest BCUT2D eigenvalue weighted by Gasteiger charge is -2.03. The van der Waals surface area contributed by atoms with Crippen molar-refractivity contribution < 1.29 is 9.47 Å². The van der Waals surface area contributed by atoms with E-state index in [1.807, 2.05) is 12.1 Å². The van der Waals surface area contributed by atoms with E-state index in [1.165, 1.54) is 0 Å². The molecule has 1 N–H and O–H groups in total. The minimum atomic E-state index is -0.0139. The van der Waals surface area contributed by atoms with Crippen molar-refractivity contribution in [3.63, 3.8) is 0 Å². The van der Waals surface area contributed by atoms with Crippen LogP contribution in [0.15, 0.2) is 29.3 Å². The summed E-state index contributed by atoms with van der Waals surface area (Å²) in [5.74, 6) is 0. The maximum atomic E-state index is 11.4. The van der Waals surface area contributed by atoms with Crippen LogP contribution in [-0.4, -0.2) is 13.4 Å². The van der Waals surface area contributed by atoms with Gasteiger partial charge in [-0.25, -0.2) is 0 Å². The van der Waals surface area contributed by atoms with Gasteiger partial charge >= 0.3 is 0 Å². The highest BCUT2D eigenvalue weighted by molar-refractivity contribution is 5.44. The number of rotatable bonds is 5. The van der Waals surface area contributed by atoms with Crippen LogP contribution in [0.4, 0.5) is 10.2 Å². The van der Waals surface area contributed by atoms with Crippen molar-refractivity contribution in [3.8, 4) is 0 Å². The molecule has 0 saturated carbocycles. The topological polar surface area (TPSA) is 33.6 Å². The zero-order chi connectivity index (χ0) is 9.52. The third kappa shape index (κ3) is 3.21. The Hall–Kier alpha value is -1.42. The van der Waals surface area contributed by atoms with Crippen molar-refractivity contribution in [2.45, 2.75) is 6.61 Å². The van der Waals surface area contributed by atoms with Crippen LogP contribution >= 0.6 is 0 Å². The Balaban J connectivity index is 2.53. The number of hydrogen-bond donors (Lipinski definition) is 1. The molecule has 0 aliphatic heterocycles. The molecule has 4 heteroatoms. The minimum Gasteiger partial charge on any atom is -0.366 e. The van der Waals surface area contributed by atoms with Crippen LogP contribution in [0.25, 0.3) is 0 Å². The van der Waals surface area contributed by atoms with E-state index in [4.69, 9.17) is 0 Å². The lowest BCUT2D eigenvalue weighted by atomic mass is 10.2. The fraction of sp³-hybridized carbons (Fsp3) is 0.222. The molecule has 1 aromatic rings. The predicted octanol–water partition coefficient (Wildman–Crippen LogP) is 2.16. The average Bonchev–Trinajstić information content (AvgIpc) is 2.17. The van der Waals surface area contributed by atoms with Gasteiger partial charge in [-0.3, -0.25) is 4.99 Å². The summed E-state index contributed by atoms with van der Waals surface area (Å²) < 4.78 is 11.4. The SMILES string of the molecule is C=NCNc1ccc(COF)cc1. The average molecular weight is 182 g/mol. The highest BCUT2D eigenvalue weighted by atomic mass is 19.3. The Labute approximate surface area is 76.2 Å². The van der Waals surface area contributed by atoms with Gasteiger partial charge < -0.3 is 5.32 Å². The van der Waals surface area contributed by atoms with E-state index in [0.29, 0.717) is 6.67 Å². The quantitative estimate of drug-likeness (QED) is 0.708. The monoisotopic (exact) mass is 182 g/mol. The van der Waals surface area contributed by atoms with Crippen molar-refractivity contribution in [1.29, 1.82) is 0 Å². The molecule has 0 fully saturated rings. The molecule has 0 radical (unpaired) electrons. The Bertz CT molecular complexity index is 261. The van der Waals surface area contributed by atoms with E-state index in [-0.39, 0.29) is 6.61 Å². The van der Waals surface area contributed by atoms with Crippen LogP contribution in [0.2, 0.25) is 0 Å². The molecule has 13 heavy (non-hydrogen) atoms. The zero-order valence-corrected chi connectivity index (χ0v) is 7.16. The van der Waals surface area contributed by atoms with E-state index >= 15 is 0 Å². The Morgan fingerprint density at radius 2 is 2.08 bits per heavy atom. The summed E-state index contributed by atoms with van der Waals surface area (Å²) in [6.45, 7) is 3.80. The second-order valence-electron chi connectivity index (χ2n) is 2.51. The van der Waals surface area contributed by atoms with Crippen LogP contribution in [0.5, 0.6) is 0 Å². The molecule has 70 valence electrons. The van der Waals surface area contributed by atoms with Gasteiger partial charge in [0.15, 0.2) is 0 Å². The standard InChI is InChI=1S/C9H11FN2O/c1-11-7-12-9-4-2-8(3-5-9)6-13-10/h2-5,12H,1,6-7H2. The highest BCUT2D eigenvalue weighted by Crippen LogP contribution is 2.09. The van der Waals surface area contributed by atoms with Crippen LogP contribution in [-0.2, 0) is 11.5 Å². The number of hydrogen-bond acceptors (Lipinski definition) is 3. The molecule has 0 amide bonds. The van der Waals surface area contributed by atoms with Crippen molar-refractivity contribution in [2.24, 2.45) is 4.99 Å². The highest BCUT2D eigenvalue weighted by Gasteiger charge is 1.93. The van der Waals surface area contributed by atoms with Gasteiger partial charge in [0.2, 0.25) is 0 Å². The van der Waals surface area contributed by atoms with E-state index in [0.717, 1.165) is 11.3 Å². The Morgan fingerprint density at radius 1 is 1.38 bits per heavy atom. The molecule has 0 bridgehead atoms. The van der Waals surface area contributed by atoms with Gasteiger partial charge in [-0.15, -0.1) is 0 Å². The van der Waals surface area contributed by atoms with E-state index in [1.54, 1.807) is 12.1 Å². The fourth-order valence-corrected chi connectivity index (χ4v) is 0.929. The van der Waals surface area contributed by atoms with E-state index < -0.39 is 0 Å². The van der Waals surface area contributed by atoms with Crippen LogP contribution in [0.1, 0.15) is 5.56 Å². The molecule has 0 aliphatic rings. The molecule has 0 saturated heterocycles. The summed E-state index contributed by atoms with van der Waals surface area (Å²) >= 11 is 0. The number of halogens is 1. The summed E-state index contributed by atoms with van der Waals surface area (Å²) in [5.41, 5.74) is 1.72. The maximum Gasteiger partial charge on any atom is 0.113 e. The minimum absolute atomic E-state index is 0.0139. The Morgan fingerprint density at radius 3 is 2.62 bits per heavy atom. The summed E-state index contributed by atoms with van der Waals surface area (Å²) in [6, 6.07) is 7.23. The van der Waals surface area contributed by atoms with Gasteiger partial charge in [0.1, 0.15) is 13.3 Å². The molecule has 0 unspecified atom stereocenters. The van der Waals surface area contributed by atoms with E-state index in [2.05, 4.69) is 22.0 Å². The molecular formula is C9H11FN2O. The Kier molecular flexibility index (Phi) is 3.92. The number of benzene rings is 1. The smallest absolute Gasteiger partial charge is 0.113 e. The van der Waals surface area contributed by atoms with Gasteiger partial charge in [-0.2, -0.15) is 4.94 Å². The number of nitrogens with one attached hydrogen (secondary N) is 1. The second-order valence-corrected chi connectivity index (χ2v) is 2.51. The molecule has 0 aliphatic carbocycles. The molecule has 0 heterocycles. The van der Waals surface area contributed by atoms with Gasteiger partial charge in [0.25, 0.3) is 0 Å². The number of anilines is 1.